The summed E-state index contributed by atoms with van der Waals surface area (Å²) in [6, 6.07) is 0. The Kier molecular flexibility index (Phi) is 5.94. The molecule has 0 unspecified atom stereocenters. The summed E-state index contributed by atoms with van der Waals surface area (Å²) in [7, 11) is 4.17. The van der Waals surface area contributed by atoms with Crippen LogP contribution < -0.4 is 10.2 Å². The van der Waals surface area contributed by atoms with Crippen LogP contribution in [0.2, 0.25) is 0 Å². The molecule has 0 spiro atoms. The zero-order chi connectivity index (χ0) is 15.2. The van der Waals surface area contributed by atoms with Crippen molar-refractivity contribution in [3.05, 3.63) is 17.0 Å². The normalized spacial score (nSPS) is 16.5. The zero-order valence-corrected chi connectivity index (χ0v) is 13.9. The lowest BCUT2D eigenvalue weighted by Crippen LogP contribution is -2.45. The molecule has 1 N–H and O–H groups in total. The molecule has 1 aliphatic rings. The van der Waals surface area contributed by atoms with Crippen LogP contribution >= 0.6 is 0 Å². The van der Waals surface area contributed by atoms with Crippen molar-refractivity contribution in [1.29, 1.82) is 0 Å². The molecule has 0 radical (unpaired) electrons. The van der Waals surface area contributed by atoms with Crippen molar-refractivity contribution < 1.29 is 0 Å². The highest BCUT2D eigenvalue weighted by molar-refractivity contribution is 5.38. The molecule has 0 aromatic carbocycles. The molecule has 0 saturated carbocycles. The first-order valence-corrected chi connectivity index (χ1v) is 8.16. The van der Waals surface area contributed by atoms with Crippen molar-refractivity contribution in [2.45, 2.75) is 33.1 Å². The highest BCUT2D eigenvalue weighted by atomic mass is 15.3. The summed E-state index contributed by atoms with van der Waals surface area (Å²) in [6.07, 6.45) is 2.98. The van der Waals surface area contributed by atoms with Crippen molar-refractivity contribution in [2.24, 2.45) is 0 Å². The number of nitrogens with one attached hydrogen (secondary N) is 1. The lowest BCUT2D eigenvalue weighted by Gasteiger charge is -2.33. The summed E-state index contributed by atoms with van der Waals surface area (Å²) < 4.78 is 0. The van der Waals surface area contributed by atoms with Gasteiger partial charge in [0.15, 0.2) is 0 Å². The number of piperazine rings is 1. The Bertz CT molecular complexity index is 427. The Morgan fingerprint density at radius 1 is 1.00 bits per heavy atom. The van der Waals surface area contributed by atoms with Crippen LogP contribution in [0.15, 0.2) is 0 Å². The Labute approximate surface area is 128 Å². The molecular formula is C16H29N5. The fourth-order valence-corrected chi connectivity index (χ4v) is 2.84. The lowest BCUT2D eigenvalue weighted by atomic mass is 10.0. The van der Waals surface area contributed by atoms with E-state index in [9.17, 15) is 0 Å². The molecule has 0 atom stereocenters. The molecule has 1 aliphatic heterocycles. The van der Waals surface area contributed by atoms with Crippen LogP contribution in [0.4, 0.5) is 5.95 Å². The van der Waals surface area contributed by atoms with Crippen LogP contribution in [0.1, 0.15) is 30.8 Å². The molecule has 2 rings (SSSR count). The minimum absolute atomic E-state index is 0.935. The van der Waals surface area contributed by atoms with Crippen molar-refractivity contribution in [1.82, 2.24) is 20.2 Å². The quantitative estimate of drug-likeness (QED) is 0.851. The standard InChI is InChI=1S/C16H29N5/c1-5-14-13(7-8-17-3)15(6-2)19-16(18-14)21-11-9-20(4)10-12-21/h17H,5-12H2,1-4H3. The highest BCUT2D eigenvalue weighted by Crippen LogP contribution is 2.19. The number of aryl methyl sites for hydroxylation is 2. The molecular weight excluding hydrogens is 262 g/mol. The van der Waals surface area contributed by atoms with Gasteiger partial charge in [0.2, 0.25) is 5.95 Å². The first-order valence-electron chi connectivity index (χ1n) is 8.16. The molecule has 0 aliphatic carbocycles. The van der Waals surface area contributed by atoms with E-state index in [2.05, 4.69) is 36.0 Å². The molecule has 1 fully saturated rings. The fourth-order valence-electron chi connectivity index (χ4n) is 2.84. The van der Waals surface area contributed by atoms with E-state index in [1.54, 1.807) is 0 Å². The molecule has 118 valence electrons. The predicted molar refractivity (Wildman–Crippen MR) is 88.1 cm³/mol. The predicted octanol–water partition coefficient (Wildman–Crippen LogP) is 1.12. The van der Waals surface area contributed by atoms with Gasteiger partial charge in [-0.2, -0.15) is 0 Å². The minimum atomic E-state index is 0.935. The number of likely N-dealkylation sites (N-methyl/N-ethyl adjacent to an activating group) is 2. The van der Waals surface area contributed by atoms with Gasteiger partial charge in [-0.1, -0.05) is 13.8 Å². The van der Waals surface area contributed by atoms with Crippen molar-refractivity contribution in [2.75, 3.05) is 51.7 Å². The van der Waals surface area contributed by atoms with E-state index in [4.69, 9.17) is 9.97 Å². The van der Waals surface area contributed by atoms with E-state index < -0.39 is 0 Å². The Morgan fingerprint density at radius 2 is 1.57 bits per heavy atom. The topological polar surface area (TPSA) is 44.3 Å². The van der Waals surface area contributed by atoms with Crippen LogP contribution in [0.3, 0.4) is 0 Å². The molecule has 21 heavy (non-hydrogen) atoms. The Hall–Kier alpha value is -1.20. The number of hydrogen-bond donors (Lipinski definition) is 1. The summed E-state index contributed by atoms with van der Waals surface area (Å²) in [5.74, 6) is 0.935. The first kappa shape index (κ1) is 16.2. The van der Waals surface area contributed by atoms with Gasteiger partial charge in [0.1, 0.15) is 0 Å². The third kappa shape index (κ3) is 3.92. The van der Waals surface area contributed by atoms with E-state index in [1.165, 1.54) is 17.0 Å². The van der Waals surface area contributed by atoms with E-state index in [0.717, 1.165) is 57.9 Å². The monoisotopic (exact) mass is 291 g/mol. The first-order chi connectivity index (χ1) is 10.2. The van der Waals surface area contributed by atoms with Crippen LogP contribution in [-0.4, -0.2) is 61.7 Å². The SMILES string of the molecule is CCc1nc(N2CCN(C)CC2)nc(CC)c1CCNC. The molecule has 5 heteroatoms. The van der Waals surface area contributed by atoms with Crippen LogP contribution in [0.5, 0.6) is 0 Å². The molecule has 1 saturated heterocycles. The van der Waals surface area contributed by atoms with Gasteiger partial charge in [-0.25, -0.2) is 9.97 Å². The summed E-state index contributed by atoms with van der Waals surface area (Å²) in [5, 5.41) is 3.23. The third-order valence-corrected chi connectivity index (χ3v) is 4.25. The molecule has 5 nitrogen and oxygen atoms in total. The number of hydrogen-bond acceptors (Lipinski definition) is 5. The number of anilines is 1. The number of aromatic nitrogens is 2. The minimum Gasteiger partial charge on any atom is -0.338 e. The van der Waals surface area contributed by atoms with Crippen LogP contribution in [0, 0.1) is 0 Å². The summed E-state index contributed by atoms with van der Waals surface area (Å²) >= 11 is 0. The van der Waals surface area contributed by atoms with E-state index >= 15 is 0 Å². The number of rotatable bonds is 6. The highest BCUT2D eigenvalue weighted by Gasteiger charge is 2.19. The second kappa shape index (κ2) is 7.71. The Balaban J connectivity index is 2.27. The van der Waals surface area contributed by atoms with Crippen molar-refractivity contribution in [3.8, 4) is 0 Å². The second-order valence-electron chi connectivity index (χ2n) is 5.75. The molecule has 2 heterocycles. The third-order valence-electron chi connectivity index (χ3n) is 4.25. The van der Waals surface area contributed by atoms with Crippen molar-refractivity contribution in [3.63, 3.8) is 0 Å². The van der Waals surface area contributed by atoms with Gasteiger partial charge in [0.25, 0.3) is 0 Å². The maximum absolute atomic E-state index is 4.87. The van der Waals surface area contributed by atoms with Gasteiger partial charge < -0.3 is 15.1 Å². The summed E-state index contributed by atoms with van der Waals surface area (Å²) in [4.78, 5) is 14.4. The zero-order valence-electron chi connectivity index (χ0n) is 13.9. The average Bonchev–Trinajstić information content (AvgIpc) is 2.52. The fraction of sp³-hybridized carbons (Fsp3) is 0.750. The van der Waals surface area contributed by atoms with Gasteiger partial charge in [0, 0.05) is 37.6 Å². The van der Waals surface area contributed by atoms with E-state index in [-0.39, 0.29) is 0 Å². The van der Waals surface area contributed by atoms with Crippen LogP contribution in [0.25, 0.3) is 0 Å². The van der Waals surface area contributed by atoms with E-state index in [1.807, 2.05) is 7.05 Å². The second-order valence-corrected chi connectivity index (χ2v) is 5.75. The number of nitrogens with zero attached hydrogens (tertiary/aromatic N) is 4. The van der Waals surface area contributed by atoms with Gasteiger partial charge >= 0.3 is 0 Å². The lowest BCUT2D eigenvalue weighted by molar-refractivity contribution is 0.311. The Morgan fingerprint density at radius 3 is 2.05 bits per heavy atom. The van der Waals surface area contributed by atoms with Crippen molar-refractivity contribution >= 4 is 5.95 Å². The van der Waals surface area contributed by atoms with E-state index in [0.29, 0.717) is 0 Å². The maximum Gasteiger partial charge on any atom is 0.225 e. The van der Waals surface area contributed by atoms with Gasteiger partial charge in [-0.05, 0) is 45.5 Å². The molecule has 1 aromatic heterocycles. The van der Waals surface area contributed by atoms with Crippen LogP contribution in [-0.2, 0) is 19.3 Å². The molecule has 0 amide bonds. The van der Waals surface area contributed by atoms with Gasteiger partial charge in [-0.3, -0.25) is 0 Å². The summed E-state index contributed by atoms with van der Waals surface area (Å²) in [6.45, 7) is 9.60. The maximum atomic E-state index is 4.87. The average molecular weight is 291 g/mol. The summed E-state index contributed by atoms with van der Waals surface area (Å²) in [5.41, 5.74) is 3.81. The molecule has 1 aromatic rings. The molecule has 0 bridgehead atoms. The largest absolute Gasteiger partial charge is 0.338 e. The van der Waals surface area contributed by atoms with Gasteiger partial charge in [0.05, 0.1) is 0 Å². The smallest absolute Gasteiger partial charge is 0.225 e. The van der Waals surface area contributed by atoms with Gasteiger partial charge in [-0.15, -0.1) is 0 Å².